The molecular formula is C23H27N2O3+. The Morgan fingerprint density at radius 2 is 1.57 bits per heavy atom. The molecule has 5 nitrogen and oxygen atoms in total. The van der Waals surface area contributed by atoms with Crippen LogP contribution >= 0.6 is 0 Å². The Morgan fingerprint density at radius 3 is 2.25 bits per heavy atom. The van der Waals surface area contributed by atoms with Crippen molar-refractivity contribution in [2.24, 2.45) is 0 Å². The molecule has 0 bridgehead atoms. The highest BCUT2D eigenvalue weighted by Gasteiger charge is 2.34. The van der Waals surface area contributed by atoms with E-state index in [0.717, 1.165) is 24.0 Å². The number of anilines is 1. The Labute approximate surface area is 165 Å². The van der Waals surface area contributed by atoms with Gasteiger partial charge in [-0.15, -0.1) is 0 Å². The van der Waals surface area contributed by atoms with Crippen molar-refractivity contribution < 1.29 is 19.2 Å². The number of hydrogen-bond donors (Lipinski definition) is 2. The van der Waals surface area contributed by atoms with E-state index in [1.54, 1.807) is 30.3 Å². The van der Waals surface area contributed by atoms with E-state index in [1.807, 2.05) is 0 Å². The van der Waals surface area contributed by atoms with Gasteiger partial charge in [-0.3, -0.25) is 9.59 Å². The Balaban J connectivity index is 1.53. The first-order chi connectivity index (χ1) is 13.5. The fourth-order valence-electron chi connectivity index (χ4n) is 4.54. The van der Waals surface area contributed by atoms with Crippen LogP contribution in [0.15, 0.2) is 36.4 Å². The number of benzene rings is 2. The van der Waals surface area contributed by atoms with Gasteiger partial charge >= 0.3 is 0 Å². The minimum Gasteiger partial charge on any atom is -0.507 e. The molecule has 1 saturated heterocycles. The SMILES string of the molecule is C[N+]1(CCCNc2ccc(O)c3c2C(=O)c2ccccc2C3=O)CCCCC1. The highest BCUT2D eigenvalue weighted by Crippen LogP contribution is 2.36. The van der Waals surface area contributed by atoms with Crippen molar-refractivity contribution in [3.05, 3.63) is 58.7 Å². The first-order valence-corrected chi connectivity index (χ1v) is 10.1. The van der Waals surface area contributed by atoms with E-state index in [2.05, 4.69) is 12.4 Å². The molecule has 0 spiro atoms. The summed E-state index contributed by atoms with van der Waals surface area (Å²) in [5.74, 6) is -0.642. The molecule has 0 aromatic heterocycles. The lowest BCUT2D eigenvalue weighted by Gasteiger charge is -2.38. The number of phenolic OH excluding ortho intramolecular Hbond substituents is 1. The van der Waals surface area contributed by atoms with Gasteiger partial charge in [0.15, 0.2) is 11.6 Å². The first-order valence-electron chi connectivity index (χ1n) is 10.1. The van der Waals surface area contributed by atoms with Gasteiger partial charge in [-0.05, 0) is 31.4 Å². The van der Waals surface area contributed by atoms with Crippen LogP contribution in [0.1, 0.15) is 57.5 Å². The summed E-state index contributed by atoms with van der Waals surface area (Å²) >= 11 is 0. The maximum Gasteiger partial charge on any atom is 0.198 e. The topological polar surface area (TPSA) is 66.4 Å². The maximum absolute atomic E-state index is 13.1. The third-order valence-corrected chi connectivity index (χ3v) is 6.14. The van der Waals surface area contributed by atoms with Gasteiger partial charge in [0.2, 0.25) is 0 Å². The molecule has 2 aliphatic rings. The average Bonchev–Trinajstić information content (AvgIpc) is 2.70. The van der Waals surface area contributed by atoms with Gasteiger partial charge in [0, 0.05) is 29.8 Å². The Kier molecular flexibility index (Phi) is 4.94. The molecule has 1 fully saturated rings. The summed E-state index contributed by atoms with van der Waals surface area (Å²) in [5, 5.41) is 13.6. The van der Waals surface area contributed by atoms with Gasteiger partial charge in [-0.25, -0.2) is 0 Å². The zero-order chi connectivity index (χ0) is 19.7. The van der Waals surface area contributed by atoms with Crippen LogP contribution < -0.4 is 5.32 Å². The summed E-state index contributed by atoms with van der Waals surface area (Å²) in [7, 11) is 2.32. The molecule has 2 aromatic rings. The number of rotatable bonds is 5. The minimum absolute atomic E-state index is 0.115. The second-order valence-electron chi connectivity index (χ2n) is 8.22. The van der Waals surface area contributed by atoms with Crippen molar-refractivity contribution in [1.29, 1.82) is 0 Å². The summed E-state index contributed by atoms with van der Waals surface area (Å²) in [6, 6.07) is 10.0. The third-order valence-electron chi connectivity index (χ3n) is 6.14. The van der Waals surface area contributed by atoms with E-state index >= 15 is 0 Å². The molecule has 2 N–H and O–H groups in total. The lowest BCUT2D eigenvalue weighted by atomic mass is 9.82. The van der Waals surface area contributed by atoms with Gasteiger partial charge in [0.05, 0.1) is 37.8 Å². The first kappa shape index (κ1) is 18.7. The summed E-state index contributed by atoms with van der Waals surface area (Å²) < 4.78 is 1.11. The van der Waals surface area contributed by atoms with Crippen LogP contribution in [0.2, 0.25) is 0 Å². The summed E-state index contributed by atoms with van der Waals surface area (Å²) in [6.45, 7) is 4.30. The van der Waals surface area contributed by atoms with Crippen molar-refractivity contribution in [2.75, 3.05) is 38.5 Å². The smallest absolute Gasteiger partial charge is 0.198 e. The number of likely N-dealkylation sites (tertiary alicyclic amines) is 1. The Hall–Kier alpha value is -2.66. The van der Waals surface area contributed by atoms with Crippen LogP contribution in [0.4, 0.5) is 5.69 Å². The number of piperidine rings is 1. The molecule has 146 valence electrons. The van der Waals surface area contributed by atoms with Crippen molar-refractivity contribution >= 4 is 17.3 Å². The molecule has 2 aromatic carbocycles. The van der Waals surface area contributed by atoms with E-state index in [1.165, 1.54) is 38.4 Å². The molecule has 0 amide bonds. The molecule has 1 aliphatic carbocycles. The molecule has 1 heterocycles. The quantitative estimate of drug-likeness (QED) is 0.404. The van der Waals surface area contributed by atoms with E-state index in [9.17, 15) is 14.7 Å². The Morgan fingerprint density at radius 1 is 0.929 bits per heavy atom. The van der Waals surface area contributed by atoms with Crippen LogP contribution in [0.25, 0.3) is 0 Å². The minimum atomic E-state index is -0.294. The third kappa shape index (κ3) is 3.31. The van der Waals surface area contributed by atoms with E-state index in [-0.39, 0.29) is 22.9 Å². The van der Waals surface area contributed by atoms with Crippen LogP contribution in [0.3, 0.4) is 0 Å². The molecule has 0 atom stereocenters. The molecule has 5 heteroatoms. The number of nitrogens with one attached hydrogen (secondary N) is 1. The largest absolute Gasteiger partial charge is 0.507 e. The average molecular weight is 379 g/mol. The van der Waals surface area contributed by atoms with Crippen molar-refractivity contribution in [2.45, 2.75) is 25.7 Å². The number of ketones is 2. The number of hydrogen-bond acceptors (Lipinski definition) is 4. The summed E-state index contributed by atoms with van der Waals surface area (Å²) in [4.78, 5) is 25.9. The summed E-state index contributed by atoms with van der Waals surface area (Å²) in [6.07, 6.45) is 4.92. The second-order valence-corrected chi connectivity index (χ2v) is 8.22. The molecule has 0 unspecified atom stereocenters. The van der Waals surface area contributed by atoms with Gasteiger partial charge < -0.3 is 14.9 Å². The lowest BCUT2D eigenvalue weighted by Crippen LogP contribution is -2.48. The molecule has 1 aliphatic heterocycles. The fraction of sp³-hybridized carbons (Fsp3) is 0.391. The number of aromatic hydroxyl groups is 1. The van der Waals surface area contributed by atoms with Crippen LogP contribution in [-0.2, 0) is 0 Å². The normalized spacial score (nSPS) is 17.8. The van der Waals surface area contributed by atoms with Gasteiger partial charge in [0.1, 0.15) is 5.75 Å². The van der Waals surface area contributed by atoms with Gasteiger partial charge in [0.25, 0.3) is 0 Å². The van der Waals surface area contributed by atoms with E-state index in [0.29, 0.717) is 22.4 Å². The highest BCUT2D eigenvalue weighted by molar-refractivity contribution is 6.31. The molecule has 0 radical (unpaired) electrons. The van der Waals surface area contributed by atoms with E-state index < -0.39 is 0 Å². The zero-order valence-electron chi connectivity index (χ0n) is 16.3. The van der Waals surface area contributed by atoms with Crippen LogP contribution in [0.5, 0.6) is 5.75 Å². The lowest BCUT2D eigenvalue weighted by molar-refractivity contribution is -0.914. The highest BCUT2D eigenvalue weighted by atomic mass is 16.3. The van der Waals surface area contributed by atoms with Gasteiger partial charge in [-0.2, -0.15) is 0 Å². The van der Waals surface area contributed by atoms with Crippen molar-refractivity contribution in [3.63, 3.8) is 0 Å². The number of quaternary nitrogens is 1. The Bertz CT molecular complexity index is 929. The number of carbonyl (C=O) groups is 2. The second kappa shape index (κ2) is 7.40. The molecule has 28 heavy (non-hydrogen) atoms. The predicted molar refractivity (Wildman–Crippen MR) is 109 cm³/mol. The standard InChI is InChI=1S/C23H26N2O3/c1-25(13-5-2-6-14-25)15-7-12-24-18-10-11-19(26)21-20(18)22(27)16-8-3-4-9-17(16)23(21)28/h3-4,8-11H,2,5-7,12-15H2,1H3,(H-,24,26,27,28)/p+1. The number of nitrogens with zero attached hydrogens (tertiary/aromatic N) is 1. The van der Waals surface area contributed by atoms with Gasteiger partial charge in [-0.1, -0.05) is 24.3 Å². The predicted octanol–water partition coefficient (Wildman–Crippen LogP) is 3.60. The zero-order valence-corrected chi connectivity index (χ0v) is 16.3. The van der Waals surface area contributed by atoms with Crippen LogP contribution in [0, 0.1) is 0 Å². The number of phenols is 1. The maximum atomic E-state index is 13.1. The molecule has 0 saturated carbocycles. The number of fused-ring (bicyclic) bond motifs is 2. The van der Waals surface area contributed by atoms with Crippen LogP contribution in [-0.4, -0.2) is 54.4 Å². The number of carbonyl (C=O) groups excluding carboxylic acids is 2. The molecular weight excluding hydrogens is 352 g/mol. The fourth-order valence-corrected chi connectivity index (χ4v) is 4.54. The summed E-state index contributed by atoms with van der Waals surface area (Å²) in [5.41, 5.74) is 1.79. The monoisotopic (exact) mass is 379 g/mol. The van der Waals surface area contributed by atoms with Crippen molar-refractivity contribution in [3.8, 4) is 5.75 Å². The van der Waals surface area contributed by atoms with E-state index in [4.69, 9.17) is 0 Å². The molecule has 4 rings (SSSR count). The van der Waals surface area contributed by atoms with Crippen molar-refractivity contribution in [1.82, 2.24) is 0 Å².